The van der Waals surface area contributed by atoms with Crippen molar-refractivity contribution in [1.82, 2.24) is 4.90 Å². The lowest BCUT2D eigenvalue weighted by Crippen LogP contribution is -2.56. The van der Waals surface area contributed by atoms with E-state index < -0.39 is 6.09 Å². The van der Waals surface area contributed by atoms with Gasteiger partial charge < -0.3 is 19.5 Å². The van der Waals surface area contributed by atoms with Gasteiger partial charge >= 0.3 is 12.1 Å². The fraction of sp³-hybridized carbons (Fsp3) is 0.579. The number of carboxylic acid groups (broad SMARTS) is 1. The summed E-state index contributed by atoms with van der Waals surface area (Å²) in [6.45, 7) is 2.12. The summed E-state index contributed by atoms with van der Waals surface area (Å²) in [4.78, 5) is 24.7. The van der Waals surface area contributed by atoms with Crippen molar-refractivity contribution < 1.29 is 24.2 Å². The lowest BCUT2D eigenvalue weighted by atomic mass is 9.83. The van der Waals surface area contributed by atoms with Gasteiger partial charge in [-0.15, -0.1) is 0 Å². The molecule has 3 atom stereocenters. The number of hydrogen-bond acceptors (Lipinski definition) is 4. The van der Waals surface area contributed by atoms with Crippen molar-refractivity contribution in [3.05, 3.63) is 28.8 Å². The number of carbonyl (C=O) groups is 2. The Hall–Kier alpha value is -1.95. The van der Waals surface area contributed by atoms with Crippen LogP contribution in [0.4, 0.5) is 4.79 Å². The fourth-order valence-electron chi connectivity index (χ4n) is 4.05. The first-order valence-electron chi connectivity index (χ1n) is 9.10. The average Bonchev–Trinajstić information content (AvgIpc) is 2.56. The zero-order chi connectivity index (χ0) is 18.7. The first-order chi connectivity index (χ1) is 12.5. The summed E-state index contributed by atoms with van der Waals surface area (Å²) in [7, 11) is 0. The first-order valence-corrected chi connectivity index (χ1v) is 9.47. The standard InChI is InChI=1S/C19H24ClNO5/c1-2-25-18(22)9-12-6-7-17(16(20)8-12)26-15-10-13-4-3-5-14(11-15)21(13)19(23)24/h6-8,13-15H,2-5,9-11H2,1H3,(H,23,24)/t13-,14+,15?. The minimum absolute atomic E-state index is 0.0202. The highest BCUT2D eigenvalue weighted by atomic mass is 35.5. The van der Waals surface area contributed by atoms with E-state index in [-0.39, 0.29) is 30.6 Å². The van der Waals surface area contributed by atoms with Crippen molar-refractivity contribution in [3.8, 4) is 5.75 Å². The SMILES string of the molecule is CCOC(=O)Cc1ccc(OC2C[C@H]3CCC[C@@H](C2)N3C(=O)O)c(Cl)c1. The molecule has 2 aliphatic rings. The van der Waals surface area contributed by atoms with E-state index in [0.717, 1.165) is 24.8 Å². The van der Waals surface area contributed by atoms with Crippen LogP contribution in [0.1, 0.15) is 44.6 Å². The Kier molecular flexibility index (Phi) is 5.91. The van der Waals surface area contributed by atoms with Crippen LogP contribution in [0.2, 0.25) is 5.02 Å². The summed E-state index contributed by atoms with van der Waals surface area (Å²) in [5.74, 6) is 0.289. The third-order valence-corrected chi connectivity index (χ3v) is 5.39. The molecule has 7 heteroatoms. The lowest BCUT2D eigenvalue weighted by molar-refractivity contribution is -0.142. The number of fused-ring (bicyclic) bond motifs is 2. The molecule has 26 heavy (non-hydrogen) atoms. The van der Waals surface area contributed by atoms with Crippen molar-refractivity contribution in [3.63, 3.8) is 0 Å². The van der Waals surface area contributed by atoms with Crippen LogP contribution in [-0.4, -0.2) is 46.9 Å². The summed E-state index contributed by atoms with van der Waals surface area (Å²) >= 11 is 6.33. The van der Waals surface area contributed by atoms with Gasteiger partial charge in [0, 0.05) is 24.9 Å². The Morgan fingerprint density at radius 3 is 2.54 bits per heavy atom. The Morgan fingerprint density at radius 2 is 1.96 bits per heavy atom. The van der Waals surface area contributed by atoms with Crippen LogP contribution < -0.4 is 4.74 Å². The third-order valence-electron chi connectivity index (χ3n) is 5.10. The molecule has 0 aromatic heterocycles. The summed E-state index contributed by atoms with van der Waals surface area (Å²) in [5, 5.41) is 9.89. The summed E-state index contributed by atoms with van der Waals surface area (Å²) in [6.07, 6.45) is 3.50. The molecule has 1 unspecified atom stereocenters. The number of ether oxygens (including phenoxy) is 2. The molecule has 1 aromatic carbocycles. The molecule has 1 aromatic rings. The molecule has 0 spiro atoms. The predicted molar refractivity (Wildman–Crippen MR) is 96.7 cm³/mol. The molecule has 0 radical (unpaired) electrons. The van der Waals surface area contributed by atoms with E-state index in [4.69, 9.17) is 21.1 Å². The Balaban J connectivity index is 1.64. The predicted octanol–water partition coefficient (Wildman–Crippen LogP) is 3.89. The molecule has 0 aliphatic carbocycles. The highest BCUT2D eigenvalue weighted by Crippen LogP contribution is 2.37. The molecule has 2 saturated heterocycles. The largest absolute Gasteiger partial charge is 0.489 e. The molecule has 1 amide bonds. The monoisotopic (exact) mass is 381 g/mol. The normalized spacial score (nSPS) is 24.8. The molecule has 2 bridgehead atoms. The maximum atomic E-state index is 11.6. The summed E-state index contributed by atoms with van der Waals surface area (Å²) in [5.41, 5.74) is 0.776. The summed E-state index contributed by atoms with van der Waals surface area (Å²) < 4.78 is 11.0. The van der Waals surface area contributed by atoms with Gasteiger partial charge in [-0.1, -0.05) is 17.7 Å². The minimum Gasteiger partial charge on any atom is -0.489 e. The molecule has 2 fully saturated rings. The quantitative estimate of drug-likeness (QED) is 0.783. The highest BCUT2D eigenvalue weighted by molar-refractivity contribution is 6.32. The zero-order valence-electron chi connectivity index (χ0n) is 14.8. The van der Waals surface area contributed by atoms with Gasteiger partial charge in [0.15, 0.2) is 0 Å². The Bertz CT molecular complexity index is 666. The van der Waals surface area contributed by atoms with Crippen LogP contribution >= 0.6 is 11.6 Å². The van der Waals surface area contributed by atoms with Crippen molar-refractivity contribution in [2.24, 2.45) is 0 Å². The Labute approximate surface area is 158 Å². The van der Waals surface area contributed by atoms with Gasteiger partial charge in [0.25, 0.3) is 0 Å². The molecular formula is C19H24ClNO5. The van der Waals surface area contributed by atoms with Gasteiger partial charge in [-0.25, -0.2) is 4.79 Å². The number of benzene rings is 1. The van der Waals surface area contributed by atoms with E-state index in [1.54, 1.807) is 24.0 Å². The maximum absolute atomic E-state index is 11.6. The highest BCUT2D eigenvalue weighted by Gasteiger charge is 2.41. The van der Waals surface area contributed by atoms with Crippen LogP contribution in [0.15, 0.2) is 18.2 Å². The number of rotatable bonds is 5. The zero-order valence-corrected chi connectivity index (χ0v) is 15.6. The molecule has 1 N–H and O–H groups in total. The number of halogens is 1. The van der Waals surface area contributed by atoms with Crippen molar-refractivity contribution in [2.45, 2.75) is 63.6 Å². The molecule has 0 saturated carbocycles. The van der Waals surface area contributed by atoms with Crippen LogP contribution in [0.25, 0.3) is 0 Å². The smallest absolute Gasteiger partial charge is 0.407 e. The van der Waals surface area contributed by atoms with Gasteiger partial charge in [-0.3, -0.25) is 4.79 Å². The number of piperidine rings is 2. The number of nitrogens with zero attached hydrogens (tertiary/aromatic N) is 1. The molecular weight excluding hydrogens is 358 g/mol. The van der Waals surface area contributed by atoms with Crippen LogP contribution in [0, 0.1) is 0 Å². The Morgan fingerprint density at radius 1 is 1.27 bits per heavy atom. The van der Waals surface area contributed by atoms with Crippen molar-refractivity contribution in [2.75, 3.05) is 6.61 Å². The second-order valence-electron chi connectivity index (χ2n) is 6.89. The molecule has 6 nitrogen and oxygen atoms in total. The number of hydrogen-bond donors (Lipinski definition) is 1. The van der Waals surface area contributed by atoms with Crippen LogP contribution in [0.3, 0.4) is 0 Å². The third kappa shape index (κ3) is 4.23. The average molecular weight is 382 g/mol. The van der Waals surface area contributed by atoms with E-state index in [1.165, 1.54) is 0 Å². The molecule has 142 valence electrons. The molecule has 3 rings (SSSR count). The number of amides is 1. The van der Waals surface area contributed by atoms with E-state index in [9.17, 15) is 14.7 Å². The second kappa shape index (κ2) is 8.16. The maximum Gasteiger partial charge on any atom is 0.407 e. The van der Waals surface area contributed by atoms with Gasteiger partial charge in [-0.05, 0) is 43.9 Å². The van der Waals surface area contributed by atoms with Crippen LogP contribution in [0.5, 0.6) is 5.75 Å². The molecule has 2 aliphatic heterocycles. The minimum atomic E-state index is -0.834. The van der Waals surface area contributed by atoms with Gasteiger partial charge in [0.2, 0.25) is 0 Å². The summed E-state index contributed by atoms with van der Waals surface area (Å²) in [6, 6.07) is 5.35. The number of esters is 1. The van der Waals surface area contributed by atoms with Crippen molar-refractivity contribution >= 4 is 23.7 Å². The topological polar surface area (TPSA) is 76.1 Å². The van der Waals surface area contributed by atoms with Gasteiger partial charge in [0.1, 0.15) is 11.9 Å². The van der Waals surface area contributed by atoms with E-state index in [1.807, 2.05) is 6.07 Å². The van der Waals surface area contributed by atoms with E-state index in [0.29, 0.717) is 30.2 Å². The molecule has 2 heterocycles. The lowest BCUT2D eigenvalue weighted by Gasteiger charge is -2.47. The van der Waals surface area contributed by atoms with Gasteiger partial charge in [0.05, 0.1) is 18.1 Å². The van der Waals surface area contributed by atoms with Gasteiger partial charge in [-0.2, -0.15) is 0 Å². The first kappa shape index (κ1) is 18.8. The second-order valence-corrected chi connectivity index (χ2v) is 7.29. The van der Waals surface area contributed by atoms with E-state index in [2.05, 4.69) is 0 Å². The van der Waals surface area contributed by atoms with Crippen molar-refractivity contribution in [1.29, 1.82) is 0 Å². The van der Waals surface area contributed by atoms with Crippen LogP contribution in [-0.2, 0) is 16.0 Å². The fourth-order valence-corrected chi connectivity index (χ4v) is 4.30. The van der Waals surface area contributed by atoms with E-state index >= 15 is 0 Å². The number of carbonyl (C=O) groups excluding carboxylic acids is 1.